The van der Waals surface area contributed by atoms with Crippen LogP contribution in [0.3, 0.4) is 0 Å². The van der Waals surface area contributed by atoms with E-state index < -0.39 is 5.82 Å². The number of carbonyl (C=O) groups excluding carboxylic acids is 1. The first-order valence-electron chi connectivity index (χ1n) is 8.94. The topological polar surface area (TPSA) is 46.9 Å². The predicted molar refractivity (Wildman–Crippen MR) is 103 cm³/mol. The van der Waals surface area contributed by atoms with Crippen LogP contribution in [0.4, 0.5) is 4.39 Å². The minimum absolute atomic E-state index is 0.0567. The Balaban J connectivity index is 1.39. The van der Waals surface area contributed by atoms with Gasteiger partial charge in [0.15, 0.2) is 0 Å². The van der Waals surface area contributed by atoms with Crippen molar-refractivity contribution in [1.29, 1.82) is 0 Å². The van der Waals surface area contributed by atoms with Gasteiger partial charge in [0.1, 0.15) is 11.6 Å². The second-order valence-electron chi connectivity index (χ2n) is 6.74. The highest BCUT2D eigenvalue weighted by Crippen LogP contribution is 2.23. The maximum absolute atomic E-state index is 13.5. The first-order valence-corrected chi connectivity index (χ1v) is 9.32. The van der Waals surface area contributed by atoms with E-state index in [-0.39, 0.29) is 17.4 Å². The molecule has 0 unspecified atom stereocenters. The molecule has 0 saturated carbocycles. The van der Waals surface area contributed by atoms with Gasteiger partial charge < -0.3 is 9.88 Å². The highest BCUT2D eigenvalue weighted by atomic mass is 35.5. The fourth-order valence-electron chi connectivity index (χ4n) is 3.33. The van der Waals surface area contributed by atoms with Gasteiger partial charge in [0.05, 0.1) is 17.1 Å². The van der Waals surface area contributed by atoms with E-state index in [1.807, 2.05) is 24.3 Å². The van der Waals surface area contributed by atoms with E-state index in [9.17, 15) is 9.18 Å². The first-order chi connectivity index (χ1) is 13.1. The molecule has 0 radical (unpaired) electrons. The highest BCUT2D eigenvalue weighted by Gasteiger charge is 2.14. The van der Waals surface area contributed by atoms with Crippen molar-refractivity contribution >= 4 is 17.5 Å². The van der Waals surface area contributed by atoms with Crippen LogP contribution in [0.25, 0.3) is 11.3 Å². The summed E-state index contributed by atoms with van der Waals surface area (Å²) >= 11 is 5.67. The summed E-state index contributed by atoms with van der Waals surface area (Å²) in [6.45, 7) is 1.44. The third-order valence-electron chi connectivity index (χ3n) is 4.72. The molecule has 0 aliphatic carbocycles. The van der Waals surface area contributed by atoms with Gasteiger partial charge in [-0.15, -0.1) is 0 Å². The number of benzene rings is 2. The summed E-state index contributed by atoms with van der Waals surface area (Å²) in [6, 6.07) is 12.4. The van der Waals surface area contributed by atoms with Gasteiger partial charge in [-0.3, -0.25) is 4.79 Å². The largest absolute Gasteiger partial charge is 0.352 e. The Kier molecular flexibility index (Phi) is 4.94. The van der Waals surface area contributed by atoms with E-state index in [0.717, 1.165) is 42.0 Å². The molecule has 2 heterocycles. The lowest BCUT2D eigenvalue weighted by Gasteiger charge is -2.07. The molecule has 2 aromatic carbocycles. The zero-order valence-corrected chi connectivity index (χ0v) is 15.5. The average molecular weight is 384 g/mol. The number of amides is 1. The lowest BCUT2D eigenvalue weighted by molar-refractivity contribution is -0.120. The van der Waals surface area contributed by atoms with Gasteiger partial charge in [0.2, 0.25) is 5.91 Å². The minimum Gasteiger partial charge on any atom is -0.352 e. The van der Waals surface area contributed by atoms with Crippen LogP contribution in [0.1, 0.15) is 23.4 Å². The van der Waals surface area contributed by atoms with Crippen LogP contribution in [-0.4, -0.2) is 15.5 Å². The Morgan fingerprint density at radius 3 is 2.93 bits per heavy atom. The van der Waals surface area contributed by atoms with Crippen LogP contribution >= 0.6 is 11.6 Å². The van der Waals surface area contributed by atoms with Crippen molar-refractivity contribution in [3.05, 3.63) is 76.5 Å². The zero-order chi connectivity index (χ0) is 18.8. The molecule has 6 heteroatoms. The summed E-state index contributed by atoms with van der Waals surface area (Å²) in [6.07, 6.45) is 4.39. The standard InChI is InChI=1S/C21H19ClFN3O/c22-17-7-6-14(10-18(17)23)11-21(27)24-12-15-3-1-4-16(9-15)19-13-26-8-2-5-20(26)25-19/h1,3-4,6-7,9-10,13H,2,5,8,11-12H2,(H,24,27). The SMILES string of the molecule is O=C(Cc1ccc(Cl)c(F)c1)NCc1cccc(-c2cn3c(n2)CCC3)c1. The number of nitrogens with zero attached hydrogens (tertiary/aromatic N) is 2. The quantitative estimate of drug-likeness (QED) is 0.719. The number of nitrogens with one attached hydrogen (secondary N) is 1. The van der Waals surface area contributed by atoms with Crippen molar-refractivity contribution in [2.24, 2.45) is 0 Å². The Morgan fingerprint density at radius 2 is 2.11 bits per heavy atom. The number of aromatic nitrogens is 2. The van der Waals surface area contributed by atoms with Crippen molar-refractivity contribution in [3.63, 3.8) is 0 Å². The molecular weight excluding hydrogens is 365 g/mol. The van der Waals surface area contributed by atoms with Crippen molar-refractivity contribution < 1.29 is 9.18 Å². The fourth-order valence-corrected chi connectivity index (χ4v) is 3.45. The van der Waals surface area contributed by atoms with Crippen molar-refractivity contribution in [2.45, 2.75) is 32.4 Å². The lowest BCUT2D eigenvalue weighted by atomic mass is 10.1. The van der Waals surface area contributed by atoms with Gasteiger partial charge in [0, 0.05) is 31.3 Å². The van der Waals surface area contributed by atoms with Crippen LogP contribution in [0.2, 0.25) is 5.02 Å². The van der Waals surface area contributed by atoms with E-state index in [0.29, 0.717) is 12.1 Å². The van der Waals surface area contributed by atoms with Crippen LogP contribution < -0.4 is 5.32 Å². The molecule has 0 saturated heterocycles. The summed E-state index contributed by atoms with van der Waals surface area (Å²) in [7, 11) is 0. The third kappa shape index (κ3) is 4.03. The molecule has 1 amide bonds. The van der Waals surface area contributed by atoms with E-state index in [4.69, 9.17) is 16.6 Å². The van der Waals surface area contributed by atoms with Gasteiger partial charge in [-0.05, 0) is 35.7 Å². The maximum Gasteiger partial charge on any atom is 0.224 e. The summed E-state index contributed by atoms with van der Waals surface area (Å²) in [4.78, 5) is 16.8. The zero-order valence-electron chi connectivity index (χ0n) is 14.7. The van der Waals surface area contributed by atoms with Crippen LogP contribution in [-0.2, 0) is 30.7 Å². The van der Waals surface area contributed by atoms with Crippen LogP contribution in [0, 0.1) is 5.82 Å². The monoisotopic (exact) mass is 383 g/mol. The van der Waals surface area contributed by atoms with Crippen LogP contribution in [0.15, 0.2) is 48.7 Å². The van der Waals surface area contributed by atoms with E-state index in [1.165, 1.54) is 12.1 Å². The number of aryl methyl sites for hydroxylation is 2. The molecule has 1 aliphatic heterocycles. The highest BCUT2D eigenvalue weighted by molar-refractivity contribution is 6.30. The molecule has 1 aromatic heterocycles. The van der Waals surface area contributed by atoms with Crippen LogP contribution in [0.5, 0.6) is 0 Å². The Morgan fingerprint density at radius 1 is 1.22 bits per heavy atom. The fraction of sp³-hybridized carbons (Fsp3) is 0.238. The summed E-state index contributed by atoms with van der Waals surface area (Å²) in [5.74, 6) is 0.462. The van der Waals surface area contributed by atoms with Gasteiger partial charge in [-0.25, -0.2) is 9.37 Å². The number of hydrogen-bond donors (Lipinski definition) is 1. The third-order valence-corrected chi connectivity index (χ3v) is 5.03. The number of imidazole rings is 1. The maximum atomic E-state index is 13.5. The summed E-state index contributed by atoms with van der Waals surface area (Å²) in [5, 5.41) is 2.94. The van der Waals surface area contributed by atoms with Crippen molar-refractivity contribution in [3.8, 4) is 11.3 Å². The molecule has 3 aromatic rings. The predicted octanol–water partition coefficient (Wildman–Crippen LogP) is 4.15. The number of rotatable bonds is 5. The summed E-state index contributed by atoms with van der Waals surface area (Å²) in [5.41, 5.74) is 3.60. The molecular formula is C21H19ClFN3O. The van der Waals surface area contributed by atoms with Gasteiger partial charge in [-0.2, -0.15) is 0 Å². The molecule has 138 valence electrons. The molecule has 0 spiro atoms. The Hall–Kier alpha value is -2.66. The molecule has 4 nitrogen and oxygen atoms in total. The molecule has 1 aliphatic rings. The molecule has 27 heavy (non-hydrogen) atoms. The molecule has 1 N–H and O–H groups in total. The molecule has 0 atom stereocenters. The smallest absolute Gasteiger partial charge is 0.224 e. The average Bonchev–Trinajstić information content (AvgIpc) is 3.25. The normalized spacial score (nSPS) is 12.8. The Bertz CT molecular complexity index is 977. The second kappa shape index (κ2) is 7.53. The number of carbonyl (C=O) groups is 1. The minimum atomic E-state index is -0.512. The van der Waals surface area contributed by atoms with E-state index in [2.05, 4.69) is 16.1 Å². The van der Waals surface area contributed by atoms with Gasteiger partial charge >= 0.3 is 0 Å². The number of halogens is 2. The lowest BCUT2D eigenvalue weighted by Crippen LogP contribution is -2.24. The van der Waals surface area contributed by atoms with E-state index >= 15 is 0 Å². The first kappa shape index (κ1) is 17.7. The van der Waals surface area contributed by atoms with Crippen molar-refractivity contribution in [1.82, 2.24) is 14.9 Å². The number of hydrogen-bond acceptors (Lipinski definition) is 2. The van der Waals surface area contributed by atoms with Gasteiger partial charge in [0.25, 0.3) is 0 Å². The van der Waals surface area contributed by atoms with Crippen molar-refractivity contribution in [2.75, 3.05) is 0 Å². The molecule has 0 fully saturated rings. The summed E-state index contributed by atoms with van der Waals surface area (Å²) < 4.78 is 15.7. The van der Waals surface area contributed by atoms with E-state index in [1.54, 1.807) is 6.07 Å². The molecule has 4 rings (SSSR count). The molecule has 0 bridgehead atoms. The Labute approximate surface area is 162 Å². The van der Waals surface area contributed by atoms with Gasteiger partial charge in [-0.1, -0.05) is 35.9 Å². The second-order valence-corrected chi connectivity index (χ2v) is 7.15. The number of fused-ring (bicyclic) bond motifs is 1.